The zero-order valence-electron chi connectivity index (χ0n) is 11.9. The number of rotatable bonds is 8. The fourth-order valence-corrected chi connectivity index (χ4v) is 1.87. The van der Waals surface area contributed by atoms with Crippen molar-refractivity contribution < 1.29 is 9.53 Å². The van der Waals surface area contributed by atoms with E-state index in [0.717, 1.165) is 19.4 Å². The Morgan fingerprint density at radius 1 is 1.47 bits per heavy atom. The second-order valence-corrected chi connectivity index (χ2v) is 4.37. The molecule has 1 aromatic rings. The molecule has 1 atom stereocenters. The van der Waals surface area contributed by atoms with Crippen LogP contribution in [0.4, 0.5) is 5.82 Å². The first-order valence-corrected chi connectivity index (χ1v) is 6.71. The maximum atomic E-state index is 12.1. The molecule has 0 saturated heterocycles. The van der Waals surface area contributed by atoms with Gasteiger partial charge in [0.25, 0.3) is 5.91 Å². The second kappa shape index (κ2) is 8.48. The van der Waals surface area contributed by atoms with Gasteiger partial charge in [0.1, 0.15) is 5.82 Å². The van der Waals surface area contributed by atoms with Gasteiger partial charge in [0, 0.05) is 25.4 Å². The predicted molar refractivity (Wildman–Crippen MR) is 76.4 cm³/mol. The molecular weight excluding hydrogens is 242 g/mol. The van der Waals surface area contributed by atoms with Gasteiger partial charge in [0.05, 0.1) is 12.6 Å². The molecule has 1 rings (SSSR count). The summed E-state index contributed by atoms with van der Waals surface area (Å²) >= 11 is 0. The summed E-state index contributed by atoms with van der Waals surface area (Å²) in [5, 5.41) is 6.08. The van der Waals surface area contributed by atoms with Crippen molar-refractivity contribution in [2.75, 3.05) is 25.6 Å². The van der Waals surface area contributed by atoms with E-state index in [0.29, 0.717) is 18.0 Å². The minimum Gasteiger partial charge on any atom is -0.383 e. The fraction of sp³-hybridized carbons (Fsp3) is 0.571. The van der Waals surface area contributed by atoms with Gasteiger partial charge in [-0.05, 0) is 25.5 Å². The van der Waals surface area contributed by atoms with Gasteiger partial charge in [-0.15, -0.1) is 0 Å². The number of aromatic nitrogens is 1. The normalized spacial score (nSPS) is 11.9. The number of hydrogen-bond donors (Lipinski definition) is 2. The third-order valence-electron chi connectivity index (χ3n) is 2.72. The van der Waals surface area contributed by atoms with Gasteiger partial charge in [-0.1, -0.05) is 13.3 Å². The molecule has 5 nitrogen and oxygen atoms in total. The molecule has 0 aliphatic rings. The number of amides is 1. The molecule has 0 bridgehead atoms. The Hall–Kier alpha value is -1.62. The number of pyridine rings is 1. The van der Waals surface area contributed by atoms with Crippen molar-refractivity contribution >= 4 is 11.7 Å². The lowest BCUT2D eigenvalue weighted by atomic mass is 10.1. The SMILES string of the molecule is CCCC(COC)NC(=O)c1ccnc(NCC)c1. The van der Waals surface area contributed by atoms with E-state index < -0.39 is 0 Å². The van der Waals surface area contributed by atoms with E-state index in [-0.39, 0.29) is 11.9 Å². The summed E-state index contributed by atoms with van der Waals surface area (Å²) in [6.07, 6.45) is 3.55. The van der Waals surface area contributed by atoms with E-state index in [4.69, 9.17) is 4.74 Å². The molecule has 0 spiro atoms. The number of carbonyl (C=O) groups excluding carboxylic acids is 1. The van der Waals surface area contributed by atoms with Crippen LogP contribution < -0.4 is 10.6 Å². The van der Waals surface area contributed by atoms with E-state index in [1.807, 2.05) is 6.92 Å². The lowest BCUT2D eigenvalue weighted by molar-refractivity contribution is 0.0891. The van der Waals surface area contributed by atoms with Crippen LogP contribution in [-0.4, -0.2) is 37.2 Å². The zero-order valence-corrected chi connectivity index (χ0v) is 11.9. The smallest absolute Gasteiger partial charge is 0.251 e. The standard InChI is InChI=1S/C14H23N3O2/c1-4-6-12(10-19-3)17-14(18)11-7-8-16-13(9-11)15-5-2/h7-9,12H,4-6,10H2,1-3H3,(H,15,16)(H,17,18). The van der Waals surface area contributed by atoms with Crippen LogP contribution >= 0.6 is 0 Å². The molecular formula is C14H23N3O2. The molecule has 1 heterocycles. The van der Waals surface area contributed by atoms with Gasteiger partial charge < -0.3 is 15.4 Å². The fourth-order valence-electron chi connectivity index (χ4n) is 1.87. The number of nitrogens with one attached hydrogen (secondary N) is 2. The number of methoxy groups -OCH3 is 1. The Balaban J connectivity index is 2.67. The van der Waals surface area contributed by atoms with Crippen LogP contribution in [0, 0.1) is 0 Å². The van der Waals surface area contributed by atoms with E-state index >= 15 is 0 Å². The van der Waals surface area contributed by atoms with Crippen molar-refractivity contribution in [2.24, 2.45) is 0 Å². The third kappa shape index (κ3) is 5.26. The lowest BCUT2D eigenvalue weighted by Gasteiger charge is -2.17. The molecule has 19 heavy (non-hydrogen) atoms. The van der Waals surface area contributed by atoms with E-state index in [2.05, 4.69) is 22.5 Å². The Morgan fingerprint density at radius 2 is 2.26 bits per heavy atom. The Morgan fingerprint density at radius 3 is 2.89 bits per heavy atom. The summed E-state index contributed by atoms with van der Waals surface area (Å²) < 4.78 is 5.12. The number of hydrogen-bond acceptors (Lipinski definition) is 4. The minimum atomic E-state index is -0.0861. The van der Waals surface area contributed by atoms with Crippen molar-refractivity contribution in [1.29, 1.82) is 0 Å². The Kier molecular flexibility index (Phi) is 6.89. The largest absolute Gasteiger partial charge is 0.383 e. The van der Waals surface area contributed by atoms with Gasteiger partial charge >= 0.3 is 0 Å². The molecule has 0 aliphatic carbocycles. The third-order valence-corrected chi connectivity index (χ3v) is 2.72. The zero-order chi connectivity index (χ0) is 14.1. The molecule has 0 radical (unpaired) electrons. The summed E-state index contributed by atoms with van der Waals surface area (Å²) in [4.78, 5) is 16.3. The van der Waals surface area contributed by atoms with Crippen LogP contribution in [0.15, 0.2) is 18.3 Å². The summed E-state index contributed by atoms with van der Waals surface area (Å²) in [5.41, 5.74) is 0.614. The topological polar surface area (TPSA) is 63.2 Å². The summed E-state index contributed by atoms with van der Waals surface area (Å²) in [6, 6.07) is 3.53. The molecule has 1 amide bonds. The van der Waals surface area contributed by atoms with Crippen molar-refractivity contribution in [3.8, 4) is 0 Å². The molecule has 5 heteroatoms. The highest BCUT2D eigenvalue weighted by atomic mass is 16.5. The molecule has 106 valence electrons. The number of ether oxygens (including phenoxy) is 1. The van der Waals surface area contributed by atoms with Crippen LogP contribution in [-0.2, 0) is 4.74 Å². The van der Waals surface area contributed by atoms with E-state index in [1.54, 1.807) is 25.4 Å². The maximum Gasteiger partial charge on any atom is 0.251 e. The van der Waals surface area contributed by atoms with Crippen LogP contribution in [0.3, 0.4) is 0 Å². The first kappa shape index (κ1) is 15.4. The van der Waals surface area contributed by atoms with Crippen LogP contribution in [0.2, 0.25) is 0 Å². The highest BCUT2D eigenvalue weighted by Gasteiger charge is 2.13. The number of anilines is 1. The lowest BCUT2D eigenvalue weighted by Crippen LogP contribution is -2.37. The first-order valence-electron chi connectivity index (χ1n) is 6.71. The van der Waals surface area contributed by atoms with Gasteiger partial charge in [0.15, 0.2) is 0 Å². The van der Waals surface area contributed by atoms with Crippen LogP contribution in [0.5, 0.6) is 0 Å². The number of nitrogens with zero attached hydrogens (tertiary/aromatic N) is 1. The van der Waals surface area contributed by atoms with Crippen molar-refractivity contribution in [3.63, 3.8) is 0 Å². The van der Waals surface area contributed by atoms with Gasteiger partial charge in [0.2, 0.25) is 0 Å². The van der Waals surface area contributed by atoms with Crippen molar-refractivity contribution in [1.82, 2.24) is 10.3 Å². The van der Waals surface area contributed by atoms with E-state index in [9.17, 15) is 4.79 Å². The second-order valence-electron chi connectivity index (χ2n) is 4.37. The highest BCUT2D eigenvalue weighted by molar-refractivity contribution is 5.95. The Bertz CT molecular complexity index is 390. The number of carbonyl (C=O) groups is 1. The van der Waals surface area contributed by atoms with Crippen LogP contribution in [0.1, 0.15) is 37.0 Å². The van der Waals surface area contributed by atoms with Crippen molar-refractivity contribution in [3.05, 3.63) is 23.9 Å². The summed E-state index contributed by atoms with van der Waals surface area (Å²) in [6.45, 7) is 5.39. The molecule has 0 aromatic carbocycles. The molecule has 0 aliphatic heterocycles. The molecule has 1 unspecified atom stereocenters. The van der Waals surface area contributed by atoms with E-state index in [1.165, 1.54) is 0 Å². The summed E-state index contributed by atoms with van der Waals surface area (Å²) in [5.74, 6) is 0.631. The minimum absolute atomic E-state index is 0.0539. The predicted octanol–water partition coefficient (Wildman–Crippen LogP) is 2.06. The van der Waals surface area contributed by atoms with Crippen molar-refractivity contribution in [2.45, 2.75) is 32.7 Å². The molecule has 2 N–H and O–H groups in total. The molecule has 0 saturated carbocycles. The Labute approximate surface area is 114 Å². The van der Waals surface area contributed by atoms with Gasteiger partial charge in [-0.3, -0.25) is 4.79 Å². The monoisotopic (exact) mass is 265 g/mol. The first-order chi connectivity index (χ1) is 9.21. The quantitative estimate of drug-likeness (QED) is 0.755. The average molecular weight is 265 g/mol. The highest BCUT2D eigenvalue weighted by Crippen LogP contribution is 2.07. The van der Waals surface area contributed by atoms with Gasteiger partial charge in [-0.25, -0.2) is 4.98 Å². The van der Waals surface area contributed by atoms with Gasteiger partial charge in [-0.2, -0.15) is 0 Å². The average Bonchev–Trinajstić information content (AvgIpc) is 2.40. The van der Waals surface area contributed by atoms with Crippen LogP contribution in [0.25, 0.3) is 0 Å². The molecule has 0 fully saturated rings. The molecule has 1 aromatic heterocycles. The maximum absolute atomic E-state index is 12.1. The summed E-state index contributed by atoms with van der Waals surface area (Å²) in [7, 11) is 1.64.